The van der Waals surface area contributed by atoms with Crippen molar-refractivity contribution in [1.29, 1.82) is 0 Å². The summed E-state index contributed by atoms with van der Waals surface area (Å²) in [4.78, 5) is 6.52. The summed E-state index contributed by atoms with van der Waals surface area (Å²) < 4.78 is 2.01. The third-order valence-electron chi connectivity index (χ3n) is 3.95. The average molecular weight is 288 g/mol. The van der Waals surface area contributed by atoms with Gasteiger partial charge in [-0.25, -0.2) is 4.98 Å². The lowest BCUT2D eigenvalue weighted by Crippen LogP contribution is -2.51. The van der Waals surface area contributed by atoms with Gasteiger partial charge in [-0.15, -0.1) is 0 Å². The molecule has 0 aliphatic rings. The summed E-state index contributed by atoms with van der Waals surface area (Å²) in [5, 5.41) is 13.2. The molecule has 0 aliphatic heterocycles. The number of aromatic nitrogens is 2. The van der Waals surface area contributed by atoms with E-state index in [9.17, 15) is 5.11 Å². The van der Waals surface area contributed by atoms with Crippen molar-refractivity contribution in [3.63, 3.8) is 0 Å². The number of imidazole rings is 1. The van der Waals surface area contributed by atoms with E-state index in [1.54, 1.807) is 6.20 Å². The molecule has 5 heteroatoms. The van der Waals surface area contributed by atoms with Crippen molar-refractivity contribution in [3.8, 4) is 0 Å². The smallest absolute Gasteiger partial charge is 0.122 e. The number of aryl methyl sites for hydroxylation is 1. The molecule has 2 N–H and O–H groups in total. The van der Waals surface area contributed by atoms with Crippen molar-refractivity contribution in [2.24, 2.45) is 7.05 Å². The van der Waals surface area contributed by atoms with Crippen molar-refractivity contribution in [2.75, 3.05) is 27.2 Å². The molecule has 0 saturated heterocycles. The van der Waals surface area contributed by atoms with Crippen molar-refractivity contribution in [2.45, 2.75) is 12.1 Å². The van der Waals surface area contributed by atoms with Crippen LogP contribution in [-0.4, -0.2) is 46.8 Å². The molecule has 0 aliphatic carbocycles. The molecule has 114 valence electrons. The predicted molar refractivity (Wildman–Crippen MR) is 83.8 cm³/mol. The standard InChI is InChI=1S/C16H24N4O/c1-17-16(13-21,14-7-5-4-6-8-14)12-19(2)11-15-18-9-10-20(15)3/h4-10,17,21H,11-13H2,1-3H3. The lowest BCUT2D eigenvalue weighted by molar-refractivity contribution is 0.120. The van der Waals surface area contributed by atoms with E-state index in [1.165, 1.54) is 0 Å². The van der Waals surface area contributed by atoms with Crippen LogP contribution < -0.4 is 5.32 Å². The molecule has 0 saturated carbocycles. The van der Waals surface area contributed by atoms with Crippen LogP contribution in [0.3, 0.4) is 0 Å². The predicted octanol–water partition coefficient (Wildman–Crippen LogP) is 0.959. The molecule has 0 amide bonds. The molecule has 2 aromatic rings. The fourth-order valence-corrected chi connectivity index (χ4v) is 2.60. The number of benzene rings is 1. The molecule has 0 fully saturated rings. The molecule has 1 aromatic heterocycles. The van der Waals surface area contributed by atoms with Gasteiger partial charge in [-0.1, -0.05) is 30.3 Å². The van der Waals surface area contributed by atoms with Crippen molar-refractivity contribution >= 4 is 0 Å². The number of aliphatic hydroxyl groups is 1. The Morgan fingerprint density at radius 3 is 2.57 bits per heavy atom. The highest BCUT2D eigenvalue weighted by Crippen LogP contribution is 2.22. The Hall–Kier alpha value is -1.69. The number of rotatable bonds is 7. The summed E-state index contributed by atoms with van der Waals surface area (Å²) >= 11 is 0. The zero-order valence-corrected chi connectivity index (χ0v) is 13.0. The van der Waals surface area contributed by atoms with Crippen LogP contribution in [0.1, 0.15) is 11.4 Å². The van der Waals surface area contributed by atoms with Gasteiger partial charge in [-0.05, 0) is 19.7 Å². The first-order valence-electron chi connectivity index (χ1n) is 7.11. The van der Waals surface area contributed by atoms with Crippen LogP contribution in [0, 0.1) is 0 Å². The van der Waals surface area contributed by atoms with E-state index in [0.717, 1.165) is 17.9 Å². The summed E-state index contributed by atoms with van der Waals surface area (Å²) in [6, 6.07) is 10.1. The van der Waals surface area contributed by atoms with E-state index in [4.69, 9.17) is 0 Å². The average Bonchev–Trinajstić information content (AvgIpc) is 2.91. The minimum absolute atomic E-state index is 0.0401. The molecule has 0 spiro atoms. The molecule has 2 rings (SSSR count). The van der Waals surface area contributed by atoms with Gasteiger partial charge in [0.05, 0.1) is 18.7 Å². The Morgan fingerprint density at radius 1 is 1.33 bits per heavy atom. The van der Waals surface area contributed by atoms with Crippen molar-refractivity contribution in [1.82, 2.24) is 19.8 Å². The van der Waals surface area contributed by atoms with E-state index in [2.05, 4.69) is 15.2 Å². The fourth-order valence-electron chi connectivity index (χ4n) is 2.60. The second kappa shape index (κ2) is 6.85. The first-order valence-corrected chi connectivity index (χ1v) is 7.11. The highest BCUT2D eigenvalue weighted by Gasteiger charge is 2.31. The maximum atomic E-state index is 9.95. The monoisotopic (exact) mass is 288 g/mol. The molecular weight excluding hydrogens is 264 g/mol. The van der Waals surface area contributed by atoms with Crippen LogP contribution in [-0.2, 0) is 19.1 Å². The second-order valence-electron chi connectivity index (χ2n) is 5.48. The summed E-state index contributed by atoms with van der Waals surface area (Å²) in [6.45, 7) is 1.47. The van der Waals surface area contributed by atoms with Crippen LogP contribution in [0.15, 0.2) is 42.7 Å². The lowest BCUT2D eigenvalue weighted by atomic mass is 9.90. The van der Waals surface area contributed by atoms with Gasteiger partial charge in [0.1, 0.15) is 5.82 Å². The molecule has 1 aromatic carbocycles. The highest BCUT2D eigenvalue weighted by molar-refractivity contribution is 5.25. The number of likely N-dealkylation sites (N-methyl/N-ethyl adjacent to an activating group) is 2. The quantitative estimate of drug-likeness (QED) is 0.797. The van der Waals surface area contributed by atoms with Crippen LogP contribution in [0.4, 0.5) is 0 Å². The molecule has 21 heavy (non-hydrogen) atoms. The van der Waals surface area contributed by atoms with E-state index < -0.39 is 5.54 Å². The van der Waals surface area contributed by atoms with E-state index in [1.807, 2.05) is 62.2 Å². The molecule has 1 unspecified atom stereocenters. The van der Waals surface area contributed by atoms with Gasteiger partial charge >= 0.3 is 0 Å². The van der Waals surface area contributed by atoms with Crippen molar-refractivity contribution in [3.05, 3.63) is 54.1 Å². The third-order valence-corrected chi connectivity index (χ3v) is 3.95. The SMILES string of the molecule is CNC(CO)(CN(C)Cc1nccn1C)c1ccccc1. The van der Waals surface area contributed by atoms with Gasteiger partial charge in [0, 0.05) is 26.0 Å². The first kappa shape index (κ1) is 15.7. The molecular formula is C16H24N4O. The summed E-state index contributed by atoms with van der Waals surface area (Å²) in [6.07, 6.45) is 3.75. The molecule has 0 bridgehead atoms. The Labute approximate surface area is 126 Å². The summed E-state index contributed by atoms with van der Waals surface area (Å²) in [7, 11) is 5.92. The molecule has 1 heterocycles. The van der Waals surface area contributed by atoms with Gasteiger partial charge < -0.3 is 15.0 Å². The highest BCUT2D eigenvalue weighted by atomic mass is 16.3. The van der Waals surface area contributed by atoms with Crippen LogP contribution >= 0.6 is 0 Å². The Balaban J connectivity index is 2.14. The van der Waals surface area contributed by atoms with E-state index in [-0.39, 0.29) is 6.61 Å². The number of nitrogens with zero attached hydrogens (tertiary/aromatic N) is 3. The van der Waals surface area contributed by atoms with E-state index in [0.29, 0.717) is 6.54 Å². The minimum Gasteiger partial charge on any atom is -0.394 e. The second-order valence-corrected chi connectivity index (χ2v) is 5.48. The Morgan fingerprint density at radius 2 is 2.05 bits per heavy atom. The Kier molecular flexibility index (Phi) is 5.12. The van der Waals surface area contributed by atoms with Gasteiger partial charge in [0.15, 0.2) is 0 Å². The molecule has 0 radical (unpaired) electrons. The number of hydrogen-bond donors (Lipinski definition) is 2. The van der Waals surface area contributed by atoms with Crippen LogP contribution in [0.25, 0.3) is 0 Å². The first-order chi connectivity index (χ1) is 10.1. The van der Waals surface area contributed by atoms with Crippen LogP contribution in [0.5, 0.6) is 0 Å². The summed E-state index contributed by atoms with van der Waals surface area (Å²) in [5.41, 5.74) is 0.614. The summed E-state index contributed by atoms with van der Waals surface area (Å²) in [5.74, 6) is 1.01. The number of nitrogens with one attached hydrogen (secondary N) is 1. The van der Waals surface area contributed by atoms with Gasteiger partial charge in [-0.3, -0.25) is 4.90 Å². The van der Waals surface area contributed by atoms with Gasteiger partial charge in [-0.2, -0.15) is 0 Å². The zero-order chi connectivity index (χ0) is 15.3. The number of hydrogen-bond acceptors (Lipinski definition) is 4. The molecule has 1 atom stereocenters. The van der Waals surface area contributed by atoms with Crippen molar-refractivity contribution < 1.29 is 5.11 Å². The minimum atomic E-state index is -0.471. The molecule has 5 nitrogen and oxygen atoms in total. The number of aliphatic hydroxyl groups excluding tert-OH is 1. The largest absolute Gasteiger partial charge is 0.394 e. The zero-order valence-electron chi connectivity index (χ0n) is 13.0. The van der Waals surface area contributed by atoms with Gasteiger partial charge in [0.2, 0.25) is 0 Å². The topological polar surface area (TPSA) is 53.3 Å². The van der Waals surface area contributed by atoms with E-state index >= 15 is 0 Å². The van der Waals surface area contributed by atoms with Crippen LogP contribution in [0.2, 0.25) is 0 Å². The third kappa shape index (κ3) is 3.50. The van der Waals surface area contributed by atoms with Gasteiger partial charge in [0.25, 0.3) is 0 Å². The fraction of sp³-hybridized carbons (Fsp3) is 0.438. The lowest BCUT2D eigenvalue weighted by Gasteiger charge is -2.36. The Bertz CT molecular complexity index is 548. The maximum absolute atomic E-state index is 9.95. The maximum Gasteiger partial charge on any atom is 0.122 e. The normalized spacial score (nSPS) is 14.3.